The molecule has 0 aliphatic rings. The number of amides is 1. The van der Waals surface area contributed by atoms with Gasteiger partial charge in [0.2, 0.25) is 0 Å². The standard InChI is InChI=1S/C18H13F4N3O/c1-11-10-16(18(20,21)22)24-25(11)13-8-6-12(7-9-13)23-17(26)14-4-2-3-5-15(14)19/h2-10H,1H3,(H,23,26). The van der Waals surface area contributed by atoms with Gasteiger partial charge in [0.05, 0.1) is 11.3 Å². The van der Waals surface area contributed by atoms with Crippen LogP contribution in [0.3, 0.4) is 0 Å². The summed E-state index contributed by atoms with van der Waals surface area (Å²) in [5, 5.41) is 6.09. The summed E-state index contributed by atoms with van der Waals surface area (Å²) in [4.78, 5) is 12.1. The Balaban J connectivity index is 1.80. The van der Waals surface area contributed by atoms with Crippen molar-refractivity contribution >= 4 is 11.6 Å². The molecule has 3 rings (SSSR count). The monoisotopic (exact) mass is 363 g/mol. The van der Waals surface area contributed by atoms with Crippen LogP contribution in [0.25, 0.3) is 5.69 Å². The number of benzene rings is 2. The van der Waals surface area contributed by atoms with Crippen molar-refractivity contribution < 1.29 is 22.4 Å². The summed E-state index contributed by atoms with van der Waals surface area (Å²) in [6.45, 7) is 1.51. The molecule has 0 fully saturated rings. The van der Waals surface area contributed by atoms with Crippen LogP contribution in [0.15, 0.2) is 54.6 Å². The number of carbonyl (C=O) groups excluding carboxylic acids is 1. The van der Waals surface area contributed by atoms with E-state index in [0.29, 0.717) is 17.1 Å². The molecule has 0 aliphatic carbocycles. The number of hydrogen-bond donors (Lipinski definition) is 1. The molecule has 0 saturated carbocycles. The Labute approximate surface area is 146 Å². The third-order valence-corrected chi connectivity index (χ3v) is 3.67. The largest absolute Gasteiger partial charge is 0.435 e. The average Bonchev–Trinajstić information content (AvgIpc) is 2.98. The van der Waals surface area contributed by atoms with Crippen LogP contribution >= 0.6 is 0 Å². The van der Waals surface area contributed by atoms with E-state index in [1.165, 1.54) is 49.4 Å². The van der Waals surface area contributed by atoms with E-state index in [-0.39, 0.29) is 5.56 Å². The van der Waals surface area contributed by atoms with Gasteiger partial charge < -0.3 is 5.32 Å². The molecule has 0 atom stereocenters. The molecule has 1 N–H and O–H groups in total. The third-order valence-electron chi connectivity index (χ3n) is 3.67. The van der Waals surface area contributed by atoms with E-state index in [2.05, 4.69) is 10.4 Å². The molecule has 3 aromatic rings. The predicted molar refractivity (Wildman–Crippen MR) is 87.7 cm³/mol. The molecule has 0 spiro atoms. The van der Waals surface area contributed by atoms with Crippen molar-refractivity contribution in [1.82, 2.24) is 9.78 Å². The second-order valence-corrected chi connectivity index (χ2v) is 5.56. The maximum atomic E-state index is 13.6. The summed E-state index contributed by atoms with van der Waals surface area (Å²) < 4.78 is 53.0. The lowest BCUT2D eigenvalue weighted by Gasteiger charge is -2.08. The Hall–Kier alpha value is -3.16. The lowest BCUT2D eigenvalue weighted by molar-refractivity contribution is -0.141. The van der Waals surface area contributed by atoms with Crippen LogP contribution in [0.5, 0.6) is 0 Å². The van der Waals surface area contributed by atoms with Gasteiger partial charge >= 0.3 is 6.18 Å². The van der Waals surface area contributed by atoms with Crippen LogP contribution in [-0.4, -0.2) is 15.7 Å². The highest BCUT2D eigenvalue weighted by molar-refractivity contribution is 6.04. The lowest BCUT2D eigenvalue weighted by Crippen LogP contribution is -2.13. The fourth-order valence-electron chi connectivity index (χ4n) is 2.40. The number of nitrogens with zero attached hydrogens (tertiary/aromatic N) is 2. The number of anilines is 1. The molecule has 8 heteroatoms. The van der Waals surface area contributed by atoms with Crippen LogP contribution in [0.1, 0.15) is 21.7 Å². The van der Waals surface area contributed by atoms with Gasteiger partial charge in [0.15, 0.2) is 5.69 Å². The molecule has 26 heavy (non-hydrogen) atoms. The summed E-state index contributed by atoms with van der Waals surface area (Å²) in [5.74, 6) is -1.26. The first kappa shape index (κ1) is 17.7. The fourth-order valence-corrected chi connectivity index (χ4v) is 2.40. The van der Waals surface area contributed by atoms with Crippen molar-refractivity contribution in [2.24, 2.45) is 0 Å². The quantitative estimate of drug-likeness (QED) is 0.692. The van der Waals surface area contributed by atoms with E-state index in [4.69, 9.17) is 0 Å². The smallest absolute Gasteiger partial charge is 0.322 e. The molecule has 1 heterocycles. The van der Waals surface area contributed by atoms with E-state index in [9.17, 15) is 22.4 Å². The number of aromatic nitrogens is 2. The first-order valence-corrected chi connectivity index (χ1v) is 7.56. The molecule has 2 aromatic carbocycles. The van der Waals surface area contributed by atoms with Gasteiger partial charge in [0.25, 0.3) is 5.91 Å². The minimum atomic E-state index is -4.52. The van der Waals surface area contributed by atoms with Crippen molar-refractivity contribution in [1.29, 1.82) is 0 Å². The van der Waals surface area contributed by atoms with E-state index in [1.807, 2.05) is 0 Å². The van der Waals surface area contributed by atoms with Crippen LogP contribution < -0.4 is 5.32 Å². The number of aryl methyl sites for hydroxylation is 1. The Bertz CT molecular complexity index is 946. The normalized spacial score (nSPS) is 11.4. The maximum Gasteiger partial charge on any atom is 0.435 e. The van der Waals surface area contributed by atoms with Crippen molar-refractivity contribution in [3.05, 3.63) is 77.4 Å². The van der Waals surface area contributed by atoms with E-state index in [1.54, 1.807) is 6.07 Å². The summed E-state index contributed by atoms with van der Waals surface area (Å²) in [6, 6.07) is 12.5. The molecule has 1 amide bonds. The van der Waals surface area contributed by atoms with E-state index in [0.717, 1.165) is 10.7 Å². The highest BCUT2D eigenvalue weighted by Crippen LogP contribution is 2.29. The first-order chi connectivity index (χ1) is 12.3. The van der Waals surface area contributed by atoms with Crippen molar-refractivity contribution in [3.63, 3.8) is 0 Å². The van der Waals surface area contributed by atoms with Crippen molar-refractivity contribution in [3.8, 4) is 5.69 Å². The van der Waals surface area contributed by atoms with E-state index >= 15 is 0 Å². The molecule has 134 valence electrons. The minimum absolute atomic E-state index is 0.102. The zero-order valence-electron chi connectivity index (χ0n) is 13.5. The number of halogens is 4. The van der Waals surface area contributed by atoms with Crippen molar-refractivity contribution in [2.75, 3.05) is 5.32 Å². The summed E-state index contributed by atoms with van der Waals surface area (Å²) >= 11 is 0. The molecule has 0 bridgehead atoms. The van der Waals surface area contributed by atoms with Crippen LogP contribution in [0.4, 0.5) is 23.2 Å². The molecule has 4 nitrogen and oxygen atoms in total. The number of nitrogens with one attached hydrogen (secondary N) is 1. The van der Waals surface area contributed by atoms with Crippen LogP contribution in [0, 0.1) is 12.7 Å². The van der Waals surface area contributed by atoms with E-state index < -0.39 is 23.6 Å². The molecule has 0 saturated heterocycles. The fraction of sp³-hybridized carbons (Fsp3) is 0.111. The summed E-state index contributed by atoms with van der Waals surface area (Å²) in [7, 11) is 0. The Morgan fingerprint density at radius 2 is 1.73 bits per heavy atom. The summed E-state index contributed by atoms with van der Waals surface area (Å²) in [5.41, 5.74) is 0.0199. The topological polar surface area (TPSA) is 46.9 Å². The van der Waals surface area contributed by atoms with Gasteiger partial charge in [-0.05, 0) is 49.4 Å². The third kappa shape index (κ3) is 3.58. The van der Waals surface area contributed by atoms with Crippen molar-refractivity contribution in [2.45, 2.75) is 13.1 Å². The van der Waals surface area contributed by atoms with Gasteiger partial charge in [-0.15, -0.1) is 0 Å². The lowest BCUT2D eigenvalue weighted by atomic mass is 10.2. The van der Waals surface area contributed by atoms with Gasteiger partial charge in [-0.2, -0.15) is 18.3 Å². The first-order valence-electron chi connectivity index (χ1n) is 7.56. The zero-order valence-corrected chi connectivity index (χ0v) is 13.5. The van der Waals surface area contributed by atoms with Crippen LogP contribution in [-0.2, 0) is 6.18 Å². The number of hydrogen-bond acceptors (Lipinski definition) is 2. The van der Waals surface area contributed by atoms with Gasteiger partial charge in [-0.25, -0.2) is 9.07 Å². The van der Waals surface area contributed by atoms with Gasteiger partial charge in [0, 0.05) is 11.4 Å². The average molecular weight is 363 g/mol. The van der Waals surface area contributed by atoms with Crippen LogP contribution in [0.2, 0.25) is 0 Å². The Morgan fingerprint density at radius 3 is 2.31 bits per heavy atom. The Morgan fingerprint density at radius 1 is 1.08 bits per heavy atom. The summed E-state index contributed by atoms with van der Waals surface area (Å²) in [6.07, 6.45) is -4.52. The number of alkyl halides is 3. The molecular weight excluding hydrogens is 350 g/mol. The molecule has 0 unspecified atom stereocenters. The molecule has 0 aliphatic heterocycles. The second kappa shape index (κ2) is 6.62. The predicted octanol–water partition coefficient (Wildman–Crippen LogP) is 4.59. The van der Waals surface area contributed by atoms with Gasteiger partial charge in [-0.3, -0.25) is 4.79 Å². The SMILES string of the molecule is Cc1cc(C(F)(F)F)nn1-c1ccc(NC(=O)c2ccccc2F)cc1. The highest BCUT2D eigenvalue weighted by Gasteiger charge is 2.34. The molecular formula is C18H13F4N3O. The second-order valence-electron chi connectivity index (χ2n) is 5.56. The Kier molecular flexibility index (Phi) is 4.50. The molecule has 1 aromatic heterocycles. The maximum absolute atomic E-state index is 13.6. The zero-order chi connectivity index (χ0) is 18.9. The van der Waals surface area contributed by atoms with Gasteiger partial charge in [0.1, 0.15) is 5.82 Å². The number of carbonyl (C=O) groups is 1. The highest BCUT2D eigenvalue weighted by atomic mass is 19.4. The minimum Gasteiger partial charge on any atom is -0.322 e. The number of rotatable bonds is 3. The molecule has 0 radical (unpaired) electrons. The van der Waals surface area contributed by atoms with Gasteiger partial charge in [-0.1, -0.05) is 12.1 Å².